The molecular weight excluding hydrogens is 246 g/mol. The number of piperidine rings is 1. The van der Waals surface area contributed by atoms with Crippen LogP contribution >= 0.6 is 0 Å². The average molecular weight is 271 g/mol. The van der Waals surface area contributed by atoms with E-state index in [1.54, 1.807) is 0 Å². The molecule has 1 aliphatic rings. The molecule has 1 heterocycles. The zero-order chi connectivity index (χ0) is 14.5. The van der Waals surface area contributed by atoms with E-state index in [9.17, 15) is 9.59 Å². The fourth-order valence-electron chi connectivity index (χ4n) is 2.37. The zero-order valence-corrected chi connectivity index (χ0v) is 11.8. The van der Waals surface area contributed by atoms with Crippen LogP contribution in [0.4, 0.5) is 4.79 Å². The molecule has 6 nitrogen and oxygen atoms in total. The lowest BCUT2D eigenvalue weighted by Gasteiger charge is -2.35. The molecule has 4 N–H and O–H groups in total. The lowest BCUT2D eigenvalue weighted by molar-refractivity contribution is -0.128. The number of nitrogens with two attached hydrogens (primary N) is 1. The maximum Gasteiger partial charge on any atom is 0.314 e. The van der Waals surface area contributed by atoms with Crippen LogP contribution < -0.4 is 11.1 Å². The zero-order valence-electron chi connectivity index (χ0n) is 11.8. The van der Waals surface area contributed by atoms with Crippen molar-refractivity contribution in [1.82, 2.24) is 10.2 Å². The summed E-state index contributed by atoms with van der Waals surface area (Å²) >= 11 is 0. The lowest BCUT2D eigenvalue weighted by atomic mass is 9.91. The Morgan fingerprint density at radius 1 is 1.53 bits per heavy atom. The molecule has 0 saturated carbocycles. The third-order valence-corrected chi connectivity index (χ3v) is 3.97. The van der Waals surface area contributed by atoms with Gasteiger partial charge < -0.3 is 21.1 Å². The van der Waals surface area contributed by atoms with E-state index in [2.05, 4.69) is 5.32 Å². The van der Waals surface area contributed by atoms with E-state index in [0.717, 1.165) is 19.3 Å². The highest BCUT2D eigenvalue weighted by Gasteiger charge is 2.31. The highest BCUT2D eigenvalue weighted by Crippen LogP contribution is 2.20. The molecule has 0 bridgehead atoms. The van der Waals surface area contributed by atoms with Crippen molar-refractivity contribution in [2.45, 2.75) is 45.1 Å². The third-order valence-electron chi connectivity index (χ3n) is 3.97. The van der Waals surface area contributed by atoms with Crippen molar-refractivity contribution in [3.8, 4) is 0 Å². The van der Waals surface area contributed by atoms with E-state index in [1.165, 1.54) is 4.90 Å². The normalized spacial score (nSPS) is 22.7. The highest BCUT2D eigenvalue weighted by atomic mass is 16.3. The molecule has 19 heavy (non-hydrogen) atoms. The number of carbonyl (C=O) groups is 2. The number of carbonyl (C=O) groups excluding carboxylic acids is 2. The van der Waals surface area contributed by atoms with Crippen LogP contribution in [0.5, 0.6) is 0 Å². The molecule has 6 heteroatoms. The number of amides is 3. The van der Waals surface area contributed by atoms with Crippen LogP contribution in [0, 0.1) is 5.92 Å². The number of hydrogen-bond acceptors (Lipinski definition) is 3. The van der Waals surface area contributed by atoms with Gasteiger partial charge in [-0.2, -0.15) is 0 Å². The second kappa shape index (κ2) is 6.75. The van der Waals surface area contributed by atoms with Crippen molar-refractivity contribution >= 4 is 11.9 Å². The van der Waals surface area contributed by atoms with Crippen molar-refractivity contribution in [1.29, 1.82) is 0 Å². The molecule has 2 atom stereocenters. The quantitative estimate of drug-likeness (QED) is 0.677. The Hall–Kier alpha value is -1.30. The van der Waals surface area contributed by atoms with E-state index < -0.39 is 6.03 Å². The first-order valence-corrected chi connectivity index (χ1v) is 6.89. The molecule has 2 unspecified atom stereocenters. The molecule has 1 aliphatic heterocycles. The van der Waals surface area contributed by atoms with Crippen molar-refractivity contribution in [3.63, 3.8) is 0 Å². The van der Waals surface area contributed by atoms with E-state index in [4.69, 9.17) is 10.8 Å². The first-order chi connectivity index (χ1) is 8.91. The Balaban J connectivity index is 2.59. The maximum atomic E-state index is 12.2. The van der Waals surface area contributed by atoms with Gasteiger partial charge in [-0.25, -0.2) is 4.79 Å². The van der Waals surface area contributed by atoms with Gasteiger partial charge in [0.05, 0.1) is 5.92 Å². The van der Waals surface area contributed by atoms with Gasteiger partial charge >= 0.3 is 6.03 Å². The Morgan fingerprint density at radius 3 is 2.74 bits per heavy atom. The monoisotopic (exact) mass is 271 g/mol. The number of nitrogens with zero attached hydrogens (tertiary/aromatic N) is 1. The molecule has 0 aromatic carbocycles. The van der Waals surface area contributed by atoms with Crippen LogP contribution in [0.25, 0.3) is 0 Å². The van der Waals surface area contributed by atoms with Gasteiger partial charge in [0.1, 0.15) is 0 Å². The number of hydrogen-bond donors (Lipinski definition) is 3. The summed E-state index contributed by atoms with van der Waals surface area (Å²) in [6.07, 6.45) is 2.85. The van der Waals surface area contributed by atoms with Crippen molar-refractivity contribution in [3.05, 3.63) is 0 Å². The average Bonchev–Trinajstić information content (AvgIpc) is 2.39. The number of nitrogens with one attached hydrogen (secondary N) is 1. The molecule has 0 spiro atoms. The summed E-state index contributed by atoms with van der Waals surface area (Å²) in [5.41, 5.74) is 4.86. The topological polar surface area (TPSA) is 95.7 Å². The molecule has 3 amide bonds. The van der Waals surface area contributed by atoms with Crippen LogP contribution in [0.2, 0.25) is 0 Å². The third kappa shape index (κ3) is 4.38. The van der Waals surface area contributed by atoms with Crippen molar-refractivity contribution in [2.24, 2.45) is 11.7 Å². The van der Waals surface area contributed by atoms with E-state index in [0.29, 0.717) is 19.5 Å². The number of primary amides is 1. The largest absolute Gasteiger partial charge is 0.396 e. The fraction of sp³-hybridized carbons (Fsp3) is 0.846. The van der Waals surface area contributed by atoms with E-state index >= 15 is 0 Å². The van der Waals surface area contributed by atoms with Crippen LogP contribution in [0.1, 0.15) is 39.5 Å². The maximum absolute atomic E-state index is 12.2. The standard InChI is InChI=1S/C13H25N3O3/c1-3-13(2,6-8-17)15-11(18)10-5-4-7-16(9-10)12(14)19/h10,17H,3-9H2,1-2H3,(H2,14,19)(H,15,18). The molecular formula is C13H25N3O3. The number of urea groups is 1. The summed E-state index contributed by atoms with van der Waals surface area (Å²) in [4.78, 5) is 24.9. The second-order valence-electron chi connectivity index (χ2n) is 5.50. The Labute approximate surface area is 114 Å². The van der Waals surface area contributed by atoms with Crippen LogP contribution in [0.15, 0.2) is 0 Å². The lowest BCUT2D eigenvalue weighted by Crippen LogP contribution is -2.52. The van der Waals surface area contributed by atoms with Crippen LogP contribution in [-0.4, -0.2) is 47.2 Å². The van der Waals surface area contributed by atoms with E-state index in [-0.39, 0.29) is 24.0 Å². The predicted molar refractivity (Wildman–Crippen MR) is 72.4 cm³/mol. The summed E-state index contributed by atoms with van der Waals surface area (Å²) in [5, 5.41) is 12.0. The van der Waals surface area contributed by atoms with Gasteiger partial charge in [0, 0.05) is 25.2 Å². The minimum absolute atomic E-state index is 0.0443. The van der Waals surface area contributed by atoms with Gasteiger partial charge in [-0.05, 0) is 32.6 Å². The molecule has 110 valence electrons. The second-order valence-corrected chi connectivity index (χ2v) is 5.50. The van der Waals surface area contributed by atoms with Gasteiger partial charge in [-0.1, -0.05) is 6.92 Å². The molecule has 0 aromatic heterocycles. The van der Waals surface area contributed by atoms with E-state index in [1.807, 2.05) is 13.8 Å². The summed E-state index contributed by atoms with van der Waals surface area (Å²) in [6, 6.07) is -0.467. The van der Waals surface area contributed by atoms with Gasteiger partial charge in [0.25, 0.3) is 0 Å². The SMILES string of the molecule is CCC(C)(CCO)NC(=O)C1CCCN(C(N)=O)C1. The summed E-state index contributed by atoms with van der Waals surface area (Å²) in [6.45, 7) is 4.96. The molecule has 1 fully saturated rings. The summed E-state index contributed by atoms with van der Waals surface area (Å²) in [7, 11) is 0. The van der Waals surface area contributed by atoms with Gasteiger partial charge in [-0.3, -0.25) is 4.79 Å². The van der Waals surface area contributed by atoms with Crippen LogP contribution in [-0.2, 0) is 4.79 Å². The summed E-state index contributed by atoms with van der Waals surface area (Å²) in [5.74, 6) is -0.255. The number of aliphatic hydroxyl groups excluding tert-OH is 1. The number of likely N-dealkylation sites (tertiary alicyclic amines) is 1. The molecule has 1 saturated heterocycles. The van der Waals surface area contributed by atoms with Gasteiger partial charge in [0.15, 0.2) is 0 Å². The fourth-order valence-corrected chi connectivity index (χ4v) is 2.37. The summed E-state index contributed by atoms with van der Waals surface area (Å²) < 4.78 is 0. The van der Waals surface area contributed by atoms with Crippen molar-refractivity contribution < 1.29 is 14.7 Å². The Bertz CT molecular complexity index is 335. The van der Waals surface area contributed by atoms with Crippen molar-refractivity contribution in [2.75, 3.05) is 19.7 Å². The Morgan fingerprint density at radius 2 is 2.21 bits per heavy atom. The first kappa shape index (κ1) is 15.8. The number of aliphatic hydroxyl groups is 1. The Kier molecular flexibility index (Phi) is 5.60. The highest BCUT2D eigenvalue weighted by molar-refractivity contribution is 5.81. The smallest absolute Gasteiger partial charge is 0.314 e. The van der Waals surface area contributed by atoms with Crippen LogP contribution in [0.3, 0.4) is 0 Å². The predicted octanol–water partition coefficient (Wildman–Crippen LogP) is 0.444. The number of rotatable bonds is 5. The molecule has 0 aromatic rings. The molecule has 0 aliphatic carbocycles. The molecule has 1 rings (SSSR count). The first-order valence-electron chi connectivity index (χ1n) is 6.89. The molecule has 0 radical (unpaired) electrons. The minimum Gasteiger partial charge on any atom is -0.396 e. The van der Waals surface area contributed by atoms with Gasteiger partial charge in [-0.15, -0.1) is 0 Å². The van der Waals surface area contributed by atoms with Gasteiger partial charge in [0.2, 0.25) is 5.91 Å². The minimum atomic E-state index is -0.467.